The highest BCUT2D eigenvalue weighted by molar-refractivity contribution is 6.00. The number of benzene rings is 1. The Kier molecular flexibility index (Phi) is 5.48. The molecule has 0 aliphatic carbocycles. The molecule has 1 saturated heterocycles. The summed E-state index contributed by atoms with van der Waals surface area (Å²) in [6, 6.07) is 15.3. The van der Waals surface area contributed by atoms with Gasteiger partial charge in [-0.2, -0.15) is 0 Å². The number of hydrogen-bond acceptors (Lipinski definition) is 4. The highest BCUT2D eigenvalue weighted by Crippen LogP contribution is 2.23. The minimum Gasteiger partial charge on any atom is -0.376 e. The number of carbonyl (C=O) groups is 1. The van der Waals surface area contributed by atoms with Crippen molar-refractivity contribution in [2.24, 2.45) is 0 Å². The summed E-state index contributed by atoms with van der Waals surface area (Å²) < 4.78 is 5.75. The Bertz CT molecular complexity index is 955. The fraction of sp³-hybridized carbons (Fsp3) is 0.318. The Balaban J connectivity index is 1.56. The lowest BCUT2D eigenvalue weighted by molar-refractivity contribution is 0.0816. The van der Waals surface area contributed by atoms with Gasteiger partial charge in [0.15, 0.2) is 0 Å². The number of amides is 2. The average molecular weight is 376 g/mol. The number of hydrogen-bond donors (Lipinski definition) is 1. The molecule has 3 aromatic rings. The normalized spacial score (nSPS) is 16.2. The van der Waals surface area contributed by atoms with Crippen molar-refractivity contribution in [2.45, 2.75) is 32.4 Å². The van der Waals surface area contributed by atoms with Crippen molar-refractivity contribution in [1.29, 1.82) is 0 Å². The molecule has 0 unspecified atom stereocenters. The summed E-state index contributed by atoms with van der Waals surface area (Å²) in [5.74, 6) is 0. The number of pyridine rings is 2. The van der Waals surface area contributed by atoms with E-state index in [-0.39, 0.29) is 12.1 Å². The number of anilines is 1. The van der Waals surface area contributed by atoms with Crippen LogP contribution in [-0.2, 0) is 11.3 Å². The summed E-state index contributed by atoms with van der Waals surface area (Å²) in [6.07, 6.45) is 3.84. The Hall–Kier alpha value is -2.99. The van der Waals surface area contributed by atoms with Crippen molar-refractivity contribution in [2.75, 3.05) is 18.5 Å². The summed E-state index contributed by atoms with van der Waals surface area (Å²) in [4.78, 5) is 23.8. The molecule has 4 rings (SSSR count). The Morgan fingerprint density at radius 1 is 1.21 bits per heavy atom. The van der Waals surface area contributed by atoms with E-state index in [0.717, 1.165) is 47.4 Å². The summed E-state index contributed by atoms with van der Waals surface area (Å²) in [7, 11) is 0. The second kappa shape index (κ2) is 8.35. The van der Waals surface area contributed by atoms with Crippen LogP contribution in [0.25, 0.3) is 10.9 Å². The molecule has 3 heterocycles. The van der Waals surface area contributed by atoms with Crippen LogP contribution in [0.15, 0.2) is 54.7 Å². The maximum atomic E-state index is 13.1. The molecular weight excluding hydrogens is 352 g/mol. The van der Waals surface area contributed by atoms with Gasteiger partial charge >= 0.3 is 6.03 Å². The number of rotatable bonds is 5. The van der Waals surface area contributed by atoms with Crippen molar-refractivity contribution < 1.29 is 9.53 Å². The molecule has 144 valence electrons. The number of fused-ring (bicyclic) bond motifs is 1. The summed E-state index contributed by atoms with van der Waals surface area (Å²) in [5, 5.41) is 3.99. The van der Waals surface area contributed by atoms with Crippen molar-refractivity contribution in [1.82, 2.24) is 14.9 Å². The van der Waals surface area contributed by atoms with Crippen molar-refractivity contribution in [3.8, 4) is 0 Å². The fourth-order valence-corrected chi connectivity index (χ4v) is 3.50. The van der Waals surface area contributed by atoms with Gasteiger partial charge in [-0.3, -0.25) is 9.97 Å². The lowest BCUT2D eigenvalue weighted by Crippen LogP contribution is -2.39. The van der Waals surface area contributed by atoms with E-state index >= 15 is 0 Å². The van der Waals surface area contributed by atoms with Crippen molar-refractivity contribution in [3.63, 3.8) is 0 Å². The van der Waals surface area contributed by atoms with Gasteiger partial charge in [-0.15, -0.1) is 0 Å². The highest BCUT2D eigenvalue weighted by atomic mass is 16.5. The molecule has 6 nitrogen and oxygen atoms in total. The second-order valence-corrected chi connectivity index (χ2v) is 7.09. The van der Waals surface area contributed by atoms with E-state index in [4.69, 9.17) is 4.74 Å². The third-order valence-electron chi connectivity index (χ3n) is 4.93. The summed E-state index contributed by atoms with van der Waals surface area (Å²) in [6.45, 7) is 3.71. The molecule has 1 N–H and O–H groups in total. The van der Waals surface area contributed by atoms with Crippen LogP contribution in [0.4, 0.5) is 10.5 Å². The second-order valence-electron chi connectivity index (χ2n) is 7.09. The number of aromatic nitrogens is 2. The molecule has 28 heavy (non-hydrogen) atoms. The lowest BCUT2D eigenvalue weighted by atomic mass is 10.1. The molecule has 2 amide bonds. The van der Waals surface area contributed by atoms with Crippen LogP contribution in [0.5, 0.6) is 0 Å². The Morgan fingerprint density at radius 2 is 2.14 bits per heavy atom. The minimum absolute atomic E-state index is 0.0753. The molecule has 1 fully saturated rings. The van der Waals surface area contributed by atoms with E-state index in [1.165, 1.54) is 0 Å². The molecule has 0 saturated carbocycles. The quantitative estimate of drug-likeness (QED) is 0.726. The van der Waals surface area contributed by atoms with Gasteiger partial charge in [0.25, 0.3) is 0 Å². The van der Waals surface area contributed by atoms with Gasteiger partial charge in [-0.05, 0) is 56.2 Å². The molecule has 1 aliphatic rings. The molecule has 6 heteroatoms. The smallest absolute Gasteiger partial charge is 0.322 e. The number of aryl methyl sites for hydroxylation is 1. The van der Waals surface area contributed by atoms with Gasteiger partial charge in [0.1, 0.15) is 0 Å². The van der Waals surface area contributed by atoms with E-state index in [9.17, 15) is 4.79 Å². The molecule has 0 radical (unpaired) electrons. The van der Waals surface area contributed by atoms with Crippen LogP contribution in [-0.4, -0.2) is 40.2 Å². The van der Waals surface area contributed by atoms with Gasteiger partial charge in [0.05, 0.1) is 29.5 Å². The molecule has 1 aromatic carbocycles. The minimum atomic E-state index is -0.158. The first-order chi connectivity index (χ1) is 13.7. The Labute approximate surface area is 164 Å². The number of nitrogens with one attached hydrogen (secondary N) is 1. The topological polar surface area (TPSA) is 67.4 Å². The van der Waals surface area contributed by atoms with E-state index in [0.29, 0.717) is 13.1 Å². The number of carbonyl (C=O) groups excluding carboxylic acids is 1. The van der Waals surface area contributed by atoms with Gasteiger partial charge in [0, 0.05) is 30.4 Å². The molecule has 2 aromatic heterocycles. The highest BCUT2D eigenvalue weighted by Gasteiger charge is 2.23. The number of nitrogens with zero attached hydrogens (tertiary/aromatic N) is 3. The number of urea groups is 1. The van der Waals surface area contributed by atoms with Gasteiger partial charge in [-0.25, -0.2) is 4.79 Å². The maximum Gasteiger partial charge on any atom is 0.322 e. The van der Waals surface area contributed by atoms with Gasteiger partial charge < -0.3 is 15.0 Å². The zero-order valence-corrected chi connectivity index (χ0v) is 16.0. The van der Waals surface area contributed by atoms with Crippen LogP contribution in [0.1, 0.15) is 24.2 Å². The molecule has 0 spiro atoms. The van der Waals surface area contributed by atoms with Crippen LogP contribution >= 0.6 is 0 Å². The predicted molar refractivity (Wildman–Crippen MR) is 109 cm³/mol. The molecular formula is C22H24N4O2. The fourth-order valence-electron chi connectivity index (χ4n) is 3.50. The van der Waals surface area contributed by atoms with Crippen molar-refractivity contribution in [3.05, 3.63) is 66.1 Å². The van der Waals surface area contributed by atoms with Crippen LogP contribution in [0.3, 0.4) is 0 Å². The van der Waals surface area contributed by atoms with Crippen molar-refractivity contribution >= 4 is 22.6 Å². The first kappa shape index (κ1) is 18.4. The van der Waals surface area contributed by atoms with E-state index in [2.05, 4.69) is 15.3 Å². The third-order valence-corrected chi connectivity index (χ3v) is 4.93. The summed E-state index contributed by atoms with van der Waals surface area (Å²) >= 11 is 0. The molecule has 0 bridgehead atoms. The lowest BCUT2D eigenvalue weighted by Gasteiger charge is -2.25. The largest absolute Gasteiger partial charge is 0.376 e. The predicted octanol–water partition coefficient (Wildman–Crippen LogP) is 4.15. The SMILES string of the molecule is Cc1ccc2c(NC(=O)N(Cc3ccccn3)C[C@@H]3CCCO3)cccc2n1. The van der Waals surface area contributed by atoms with E-state index in [1.807, 2.05) is 55.5 Å². The number of ether oxygens (including phenoxy) is 1. The Morgan fingerprint density at radius 3 is 2.93 bits per heavy atom. The molecule has 1 atom stereocenters. The first-order valence-corrected chi connectivity index (χ1v) is 9.63. The van der Waals surface area contributed by atoms with E-state index in [1.54, 1.807) is 11.1 Å². The average Bonchev–Trinajstić information content (AvgIpc) is 3.21. The first-order valence-electron chi connectivity index (χ1n) is 9.63. The van der Waals surface area contributed by atoms with Crippen LogP contribution < -0.4 is 5.32 Å². The maximum absolute atomic E-state index is 13.1. The van der Waals surface area contributed by atoms with Gasteiger partial charge in [0.2, 0.25) is 0 Å². The molecule has 1 aliphatic heterocycles. The van der Waals surface area contributed by atoms with Crippen LogP contribution in [0.2, 0.25) is 0 Å². The van der Waals surface area contributed by atoms with Crippen LogP contribution in [0, 0.1) is 6.92 Å². The third kappa shape index (κ3) is 4.28. The standard InChI is InChI=1S/C22H24N4O2/c1-16-10-11-19-20(24-16)8-4-9-21(19)25-22(27)26(15-18-7-5-13-28-18)14-17-6-2-3-12-23-17/h2-4,6,8-12,18H,5,7,13-15H2,1H3,(H,25,27)/t18-/m0/s1. The monoisotopic (exact) mass is 376 g/mol. The van der Waals surface area contributed by atoms with E-state index < -0.39 is 0 Å². The zero-order chi connectivity index (χ0) is 19.3. The zero-order valence-electron chi connectivity index (χ0n) is 16.0. The summed E-state index contributed by atoms with van der Waals surface area (Å²) in [5.41, 5.74) is 3.43. The van der Waals surface area contributed by atoms with Gasteiger partial charge in [-0.1, -0.05) is 12.1 Å².